The maximum absolute atomic E-state index is 13.4. The zero-order chi connectivity index (χ0) is 23.2. The van der Waals surface area contributed by atoms with E-state index >= 15 is 0 Å². The van der Waals surface area contributed by atoms with E-state index in [0.717, 1.165) is 53.4 Å². The van der Waals surface area contributed by atoms with Crippen LogP contribution in [-0.4, -0.2) is 24.0 Å². The standard InChI is InChI=1S/C27H35N3O2/c1-7-30(8-2)18-9-10-19(23(31)13-18)26-25-22(14-27(5,6)15-24(25)32)28-20-11-16(3)17(4)12-21(20)29-26/h9-13,26,28-29,31H,7-8,14-15H2,1-6H3/t26-/m1/s1. The molecule has 0 spiro atoms. The number of hydrogen-bond acceptors (Lipinski definition) is 5. The molecule has 2 aliphatic rings. The van der Waals surface area contributed by atoms with E-state index in [1.807, 2.05) is 18.2 Å². The van der Waals surface area contributed by atoms with E-state index < -0.39 is 6.04 Å². The van der Waals surface area contributed by atoms with E-state index in [1.54, 1.807) is 0 Å². The van der Waals surface area contributed by atoms with Gasteiger partial charge in [-0.1, -0.05) is 19.9 Å². The largest absolute Gasteiger partial charge is 0.507 e. The average molecular weight is 434 g/mol. The molecule has 0 bridgehead atoms. The van der Waals surface area contributed by atoms with Gasteiger partial charge in [0.2, 0.25) is 0 Å². The average Bonchev–Trinajstić information content (AvgIpc) is 2.85. The normalized spacial score (nSPS) is 19.4. The molecule has 0 fully saturated rings. The first-order valence-corrected chi connectivity index (χ1v) is 11.6. The van der Waals surface area contributed by atoms with Gasteiger partial charge in [-0.3, -0.25) is 4.79 Å². The van der Waals surface area contributed by atoms with Crippen LogP contribution in [-0.2, 0) is 4.79 Å². The summed E-state index contributed by atoms with van der Waals surface area (Å²) in [7, 11) is 0. The Morgan fingerprint density at radius 3 is 2.31 bits per heavy atom. The lowest BCUT2D eigenvalue weighted by Gasteiger charge is -2.34. The first-order valence-electron chi connectivity index (χ1n) is 11.6. The molecule has 1 heterocycles. The number of anilines is 3. The zero-order valence-electron chi connectivity index (χ0n) is 20.1. The smallest absolute Gasteiger partial charge is 0.163 e. The third-order valence-corrected chi connectivity index (χ3v) is 6.88. The molecule has 1 aliphatic carbocycles. The number of aryl methyl sites for hydroxylation is 2. The minimum Gasteiger partial charge on any atom is -0.507 e. The molecule has 0 aromatic heterocycles. The van der Waals surface area contributed by atoms with Gasteiger partial charge in [0.05, 0.1) is 17.4 Å². The number of phenols is 1. The topological polar surface area (TPSA) is 64.6 Å². The molecule has 2 aromatic carbocycles. The first-order chi connectivity index (χ1) is 15.1. The second-order valence-corrected chi connectivity index (χ2v) is 9.93. The van der Waals surface area contributed by atoms with E-state index in [0.29, 0.717) is 6.42 Å². The number of rotatable bonds is 4. The fourth-order valence-corrected chi connectivity index (χ4v) is 5.01. The van der Waals surface area contributed by atoms with Crippen LogP contribution in [0.2, 0.25) is 0 Å². The van der Waals surface area contributed by atoms with Gasteiger partial charge in [-0.2, -0.15) is 0 Å². The summed E-state index contributed by atoms with van der Waals surface area (Å²) < 4.78 is 0. The Morgan fingerprint density at radius 1 is 1.03 bits per heavy atom. The van der Waals surface area contributed by atoms with Crippen LogP contribution in [0.15, 0.2) is 41.6 Å². The number of Topliss-reactive ketones (excluding diaryl/α,β-unsaturated/α-hetero) is 1. The summed E-state index contributed by atoms with van der Waals surface area (Å²) in [5.41, 5.74) is 7.62. The highest BCUT2D eigenvalue weighted by atomic mass is 16.3. The lowest BCUT2D eigenvalue weighted by Crippen LogP contribution is -2.31. The number of carbonyl (C=O) groups excluding carboxylic acids is 1. The van der Waals surface area contributed by atoms with Crippen LogP contribution in [0, 0.1) is 19.3 Å². The minimum absolute atomic E-state index is 0.105. The molecule has 32 heavy (non-hydrogen) atoms. The monoisotopic (exact) mass is 433 g/mol. The van der Waals surface area contributed by atoms with Crippen molar-refractivity contribution in [3.05, 3.63) is 58.3 Å². The van der Waals surface area contributed by atoms with Gasteiger partial charge in [-0.15, -0.1) is 0 Å². The molecular formula is C27H35N3O2. The molecule has 170 valence electrons. The summed E-state index contributed by atoms with van der Waals surface area (Å²) in [6.07, 6.45) is 1.29. The second-order valence-electron chi connectivity index (χ2n) is 9.93. The van der Waals surface area contributed by atoms with Crippen molar-refractivity contribution in [3.8, 4) is 5.75 Å². The van der Waals surface area contributed by atoms with Crippen molar-refractivity contribution < 1.29 is 9.90 Å². The van der Waals surface area contributed by atoms with Crippen LogP contribution < -0.4 is 15.5 Å². The molecule has 0 amide bonds. The molecule has 3 N–H and O–H groups in total. The van der Waals surface area contributed by atoms with Gasteiger partial charge in [0.25, 0.3) is 0 Å². The highest BCUT2D eigenvalue weighted by Gasteiger charge is 2.39. The van der Waals surface area contributed by atoms with E-state index in [4.69, 9.17) is 0 Å². The van der Waals surface area contributed by atoms with Crippen LogP contribution in [0.3, 0.4) is 0 Å². The Labute approximate surface area is 191 Å². The maximum atomic E-state index is 13.4. The van der Waals surface area contributed by atoms with Crippen LogP contribution in [0.1, 0.15) is 63.3 Å². The number of carbonyl (C=O) groups is 1. The van der Waals surface area contributed by atoms with Crippen molar-refractivity contribution in [1.82, 2.24) is 0 Å². The molecule has 1 aliphatic heterocycles. The number of ketones is 1. The predicted octanol–water partition coefficient (Wildman–Crippen LogP) is 6.08. The number of hydrogen-bond donors (Lipinski definition) is 3. The van der Waals surface area contributed by atoms with E-state index in [9.17, 15) is 9.90 Å². The Balaban J connectivity index is 1.87. The van der Waals surface area contributed by atoms with Crippen molar-refractivity contribution in [2.45, 2.75) is 60.4 Å². The number of benzene rings is 2. The molecular weight excluding hydrogens is 398 g/mol. The maximum Gasteiger partial charge on any atom is 0.163 e. The molecule has 5 nitrogen and oxygen atoms in total. The Kier molecular flexibility index (Phi) is 5.70. The number of nitrogens with one attached hydrogen (secondary N) is 2. The van der Waals surface area contributed by atoms with Gasteiger partial charge in [-0.05, 0) is 68.9 Å². The van der Waals surface area contributed by atoms with Crippen LogP contribution >= 0.6 is 0 Å². The zero-order valence-corrected chi connectivity index (χ0v) is 20.1. The molecule has 5 heteroatoms. The fourth-order valence-electron chi connectivity index (χ4n) is 5.01. The summed E-state index contributed by atoms with van der Waals surface area (Å²) in [5, 5.41) is 18.3. The molecule has 0 saturated carbocycles. The van der Waals surface area contributed by atoms with Gasteiger partial charge in [-0.25, -0.2) is 0 Å². The summed E-state index contributed by atoms with van der Waals surface area (Å²) in [5.74, 6) is 0.346. The lowest BCUT2D eigenvalue weighted by molar-refractivity contribution is -0.118. The van der Waals surface area contributed by atoms with E-state index in [-0.39, 0.29) is 16.9 Å². The summed E-state index contributed by atoms with van der Waals surface area (Å²) in [6.45, 7) is 14.4. The second kappa shape index (κ2) is 8.19. The molecule has 1 atom stereocenters. The van der Waals surface area contributed by atoms with Gasteiger partial charge < -0.3 is 20.6 Å². The molecule has 0 saturated heterocycles. The molecule has 0 unspecified atom stereocenters. The fraction of sp³-hybridized carbons (Fsp3) is 0.444. The quantitative estimate of drug-likeness (QED) is 0.546. The van der Waals surface area contributed by atoms with E-state index in [2.05, 4.69) is 69.2 Å². The number of nitrogens with zero attached hydrogens (tertiary/aromatic N) is 1. The molecule has 4 rings (SSSR count). The van der Waals surface area contributed by atoms with Crippen molar-refractivity contribution in [2.24, 2.45) is 5.41 Å². The van der Waals surface area contributed by atoms with Crippen LogP contribution in [0.5, 0.6) is 5.75 Å². The number of allylic oxidation sites excluding steroid dienone is 1. The van der Waals surface area contributed by atoms with Gasteiger partial charge in [0, 0.05) is 48.1 Å². The van der Waals surface area contributed by atoms with Gasteiger partial charge in [0.1, 0.15) is 5.75 Å². The minimum atomic E-state index is -0.407. The van der Waals surface area contributed by atoms with Crippen molar-refractivity contribution in [2.75, 3.05) is 28.6 Å². The van der Waals surface area contributed by atoms with Crippen LogP contribution in [0.4, 0.5) is 17.1 Å². The van der Waals surface area contributed by atoms with Gasteiger partial charge >= 0.3 is 0 Å². The third-order valence-electron chi connectivity index (χ3n) is 6.88. The van der Waals surface area contributed by atoms with E-state index in [1.165, 1.54) is 11.1 Å². The van der Waals surface area contributed by atoms with Crippen molar-refractivity contribution >= 4 is 22.8 Å². The third kappa shape index (κ3) is 3.96. The van der Waals surface area contributed by atoms with Crippen LogP contribution in [0.25, 0.3) is 0 Å². The summed E-state index contributed by atoms with van der Waals surface area (Å²) in [4.78, 5) is 15.6. The predicted molar refractivity (Wildman–Crippen MR) is 133 cm³/mol. The summed E-state index contributed by atoms with van der Waals surface area (Å²) in [6, 6.07) is 9.68. The Hall–Kier alpha value is -2.95. The van der Waals surface area contributed by atoms with Gasteiger partial charge in [0.15, 0.2) is 5.78 Å². The summed E-state index contributed by atoms with van der Waals surface area (Å²) >= 11 is 0. The lowest BCUT2D eigenvalue weighted by atomic mass is 9.73. The SMILES string of the molecule is CCN(CC)c1ccc([C@H]2Nc3cc(C)c(C)cc3NC3=C2C(=O)CC(C)(C)C3)c(O)c1. The van der Waals surface area contributed by atoms with Crippen molar-refractivity contribution in [1.29, 1.82) is 0 Å². The highest BCUT2D eigenvalue weighted by Crippen LogP contribution is 2.47. The highest BCUT2D eigenvalue weighted by molar-refractivity contribution is 6.01. The number of phenolic OH excluding ortho intramolecular Hbond substituents is 1. The molecule has 0 radical (unpaired) electrons. The molecule has 2 aromatic rings. The Morgan fingerprint density at radius 2 is 1.69 bits per heavy atom. The number of aromatic hydroxyl groups is 1. The number of fused-ring (bicyclic) bond motifs is 1. The first kappa shape index (κ1) is 22.3. The van der Waals surface area contributed by atoms with Crippen molar-refractivity contribution in [3.63, 3.8) is 0 Å². The Bertz CT molecular complexity index is 1100.